The van der Waals surface area contributed by atoms with Gasteiger partial charge in [0.1, 0.15) is 36.3 Å². The maximum absolute atomic E-state index is 14.1. The Morgan fingerprint density at radius 3 is 1.75 bits per heavy atom. The molecule has 1 aliphatic heterocycles. The molecular formula is C37H56N12O11. The molecule has 7 amide bonds. The molecule has 7 atom stereocenters. The number of likely N-dealkylation sites (tertiary alicyclic amines) is 1. The Labute approximate surface area is 345 Å². The number of amides is 7. The molecule has 0 bridgehead atoms. The van der Waals surface area contributed by atoms with Crippen LogP contribution in [0, 0.1) is 11.8 Å². The number of H-pyrrole nitrogens is 2. The molecule has 0 saturated carbocycles. The summed E-state index contributed by atoms with van der Waals surface area (Å²) in [5.41, 5.74) is 11.9. The van der Waals surface area contributed by atoms with E-state index >= 15 is 0 Å². The second kappa shape index (κ2) is 22.7. The molecule has 1 fully saturated rings. The van der Waals surface area contributed by atoms with E-state index in [0.29, 0.717) is 24.2 Å². The quantitative estimate of drug-likeness (QED) is 0.0508. The normalized spacial score (nSPS) is 16.8. The average molecular weight is 845 g/mol. The Morgan fingerprint density at radius 2 is 1.23 bits per heavy atom. The molecule has 23 nitrogen and oxygen atoms in total. The van der Waals surface area contributed by atoms with Crippen molar-refractivity contribution >= 4 is 53.3 Å². The number of carboxylic acid groups (broad SMARTS) is 2. The van der Waals surface area contributed by atoms with Crippen molar-refractivity contribution in [3.63, 3.8) is 0 Å². The number of aromatic amines is 2. The summed E-state index contributed by atoms with van der Waals surface area (Å²) in [7, 11) is 0. The van der Waals surface area contributed by atoms with E-state index in [0.717, 1.165) is 4.90 Å². The molecule has 13 N–H and O–H groups in total. The number of nitrogens with zero attached hydrogens (tertiary/aromatic N) is 3. The molecule has 0 radical (unpaired) electrons. The molecule has 2 aromatic heterocycles. The first-order valence-electron chi connectivity index (χ1n) is 19.5. The first-order valence-corrected chi connectivity index (χ1v) is 19.5. The van der Waals surface area contributed by atoms with Crippen LogP contribution in [0.1, 0.15) is 77.6 Å². The summed E-state index contributed by atoms with van der Waals surface area (Å²) in [6.07, 6.45) is 4.27. The number of primary amides is 1. The Morgan fingerprint density at radius 1 is 0.717 bits per heavy atom. The second-order valence-electron chi connectivity index (χ2n) is 15.5. The van der Waals surface area contributed by atoms with Gasteiger partial charge in [-0.05, 0) is 37.5 Å². The van der Waals surface area contributed by atoms with Gasteiger partial charge in [0.2, 0.25) is 41.4 Å². The summed E-state index contributed by atoms with van der Waals surface area (Å²) >= 11 is 0. The van der Waals surface area contributed by atoms with Crippen molar-refractivity contribution in [2.45, 2.75) is 121 Å². The molecule has 60 heavy (non-hydrogen) atoms. The number of carbonyl (C=O) groups excluding carboxylic acids is 7. The Balaban J connectivity index is 1.87. The van der Waals surface area contributed by atoms with Crippen molar-refractivity contribution in [3.8, 4) is 0 Å². The highest BCUT2D eigenvalue weighted by atomic mass is 16.4. The lowest BCUT2D eigenvalue weighted by molar-refractivity contribution is -0.146. The highest BCUT2D eigenvalue weighted by Crippen LogP contribution is 2.20. The first kappa shape index (κ1) is 48.0. The van der Waals surface area contributed by atoms with Crippen LogP contribution in [0.2, 0.25) is 0 Å². The van der Waals surface area contributed by atoms with Gasteiger partial charge in [0.05, 0.1) is 31.5 Å². The van der Waals surface area contributed by atoms with E-state index in [9.17, 15) is 53.4 Å². The van der Waals surface area contributed by atoms with Gasteiger partial charge in [0, 0.05) is 43.2 Å². The molecule has 3 heterocycles. The number of hydrogen-bond donors (Lipinski definition) is 11. The van der Waals surface area contributed by atoms with Crippen LogP contribution in [0.5, 0.6) is 0 Å². The minimum absolute atomic E-state index is 0.0199. The van der Waals surface area contributed by atoms with Gasteiger partial charge in [-0.25, -0.2) is 14.8 Å². The van der Waals surface area contributed by atoms with Crippen LogP contribution in [0.3, 0.4) is 0 Å². The fourth-order valence-corrected chi connectivity index (χ4v) is 6.61. The fourth-order valence-electron chi connectivity index (χ4n) is 6.61. The number of hydrogen-bond acceptors (Lipinski definition) is 12. The number of imidazole rings is 2. The molecule has 0 aliphatic carbocycles. The van der Waals surface area contributed by atoms with E-state index in [1.54, 1.807) is 0 Å². The SMILES string of the molecule is CC(C)CC(N)C(=O)NC(CC(C)C)C(=O)NC(Cc1cnc[nH]1)C(=O)NC(CC(=O)O)C(=O)NC(Cc1cnc[nH]1)C(=O)N1CCCC1C(=O)NC(CC(N)=O)C(=O)O. The summed E-state index contributed by atoms with van der Waals surface area (Å²) in [5.74, 6) is -9.07. The molecule has 0 spiro atoms. The molecule has 7 unspecified atom stereocenters. The van der Waals surface area contributed by atoms with E-state index < -0.39 is 108 Å². The summed E-state index contributed by atoms with van der Waals surface area (Å²) in [5, 5.41) is 31.7. The molecule has 2 aromatic rings. The van der Waals surface area contributed by atoms with Gasteiger partial charge in [0.15, 0.2) is 0 Å². The van der Waals surface area contributed by atoms with Crippen LogP contribution >= 0.6 is 0 Å². The maximum atomic E-state index is 14.1. The number of nitrogens with two attached hydrogens (primary N) is 2. The smallest absolute Gasteiger partial charge is 0.326 e. The highest BCUT2D eigenvalue weighted by Gasteiger charge is 2.40. The molecule has 23 heteroatoms. The molecule has 1 saturated heterocycles. The number of aliphatic carboxylic acids is 2. The van der Waals surface area contributed by atoms with Gasteiger partial charge in [-0.1, -0.05) is 27.7 Å². The van der Waals surface area contributed by atoms with Crippen molar-refractivity contribution in [2.24, 2.45) is 23.3 Å². The predicted octanol–water partition coefficient (Wildman–Crippen LogP) is -2.81. The van der Waals surface area contributed by atoms with Crippen molar-refractivity contribution < 1.29 is 53.4 Å². The van der Waals surface area contributed by atoms with Crippen LogP contribution in [-0.2, 0) is 56.0 Å². The Bertz CT molecular complexity index is 1820. The summed E-state index contributed by atoms with van der Waals surface area (Å²) in [6.45, 7) is 7.45. The lowest BCUT2D eigenvalue weighted by Crippen LogP contribution is -2.60. The zero-order valence-electron chi connectivity index (χ0n) is 33.9. The first-order chi connectivity index (χ1) is 28.2. The van der Waals surface area contributed by atoms with Crippen molar-refractivity contribution in [2.75, 3.05) is 6.54 Å². The number of carbonyl (C=O) groups is 9. The lowest BCUT2D eigenvalue weighted by Gasteiger charge is -2.30. The van der Waals surface area contributed by atoms with Gasteiger partial charge < -0.3 is 63.1 Å². The van der Waals surface area contributed by atoms with E-state index in [1.165, 1.54) is 25.0 Å². The Kier molecular flexibility index (Phi) is 18.1. The van der Waals surface area contributed by atoms with E-state index in [4.69, 9.17) is 11.5 Å². The Hall–Kier alpha value is -6.39. The molecule has 3 rings (SSSR count). The molecule has 330 valence electrons. The maximum Gasteiger partial charge on any atom is 0.326 e. The second-order valence-corrected chi connectivity index (χ2v) is 15.5. The van der Waals surface area contributed by atoms with Gasteiger partial charge in [0.25, 0.3) is 0 Å². The zero-order chi connectivity index (χ0) is 44.7. The van der Waals surface area contributed by atoms with Crippen LogP contribution in [-0.4, -0.2) is 137 Å². The van der Waals surface area contributed by atoms with Crippen LogP contribution < -0.4 is 38.1 Å². The highest BCUT2D eigenvalue weighted by molar-refractivity contribution is 5.98. The van der Waals surface area contributed by atoms with Gasteiger partial charge in [-0.15, -0.1) is 0 Å². The fraction of sp³-hybridized carbons (Fsp3) is 0.595. The van der Waals surface area contributed by atoms with Crippen LogP contribution in [0.15, 0.2) is 25.0 Å². The van der Waals surface area contributed by atoms with Crippen LogP contribution in [0.25, 0.3) is 0 Å². The third-order valence-corrected chi connectivity index (χ3v) is 9.48. The molecule has 1 aliphatic rings. The van der Waals surface area contributed by atoms with Crippen molar-refractivity contribution in [3.05, 3.63) is 36.4 Å². The van der Waals surface area contributed by atoms with Gasteiger partial charge in [-0.3, -0.25) is 38.4 Å². The largest absolute Gasteiger partial charge is 0.481 e. The summed E-state index contributed by atoms with van der Waals surface area (Å²) < 4.78 is 0. The number of carboxylic acids is 2. The van der Waals surface area contributed by atoms with E-state index in [1.807, 2.05) is 27.7 Å². The standard InChI is InChI=1S/C37H56N12O11/c1-18(2)8-22(38)31(53)44-23(9-19(3)4)32(54)45-24(10-20-14-40-16-42-20)33(55)46-25(13-30(51)52)34(56)47-26(11-21-15-41-17-43-21)36(58)49-7-5-6-28(49)35(57)48-27(37(59)60)12-29(39)50/h14-19,22-28H,5-13,38H2,1-4H3,(H2,39,50)(H,40,42)(H,41,43)(H,44,53)(H,45,54)(H,46,55)(H,47,56)(H,48,57)(H,51,52)(H,59,60). The van der Waals surface area contributed by atoms with E-state index in [-0.39, 0.29) is 44.1 Å². The van der Waals surface area contributed by atoms with Gasteiger partial charge in [-0.2, -0.15) is 0 Å². The third-order valence-electron chi connectivity index (χ3n) is 9.48. The zero-order valence-corrected chi connectivity index (χ0v) is 33.9. The minimum Gasteiger partial charge on any atom is -0.481 e. The van der Waals surface area contributed by atoms with Gasteiger partial charge >= 0.3 is 11.9 Å². The number of rotatable bonds is 24. The third kappa shape index (κ3) is 15.1. The average Bonchev–Trinajstić information content (AvgIpc) is 3.96. The van der Waals surface area contributed by atoms with E-state index in [2.05, 4.69) is 46.5 Å². The number of aromatic nitrogens is 4. The summed E-state index contributed by atoms with van der Waals surface area (Å²) in [4.78, 5) is 132. The lowest BCUT2D eigenvalue weighted by atomic mass is 10.00. The number of nitrogens with one attached hydrogen (secondary N) is 7. The summed E-state index contributed by atoms with van der Waals surface area (Å²) in [6, 6.07) is -9.60. The predicted molar refractivity (Wildman–Crippen MR) is 210 cm³/mol. The van der Waals surface area contributed by atoms with Crippen molar-refractivity contribution in [1.82, 2.24) is 51.4 Å². The monoisotopic (exact) mass is 844 g/mol. The molecule has 0 aromatic carbocycles. The topological polar surface area (TPSA) is 367 Å². The van der Waals surface area contributed by atoms with Crippen molar-refractivity contribution in [1.29, 1.82) is 0 Å². The molecular weight excluding hydrogens is 788 g/mol. The minimum atomic E-state index is -1.81. The van der Waals surface area contributed by atoms with Crippen LogP contribution in [0.4, 0.5) is 0 Å².